The molecule has 1 fully saturated rings. The van der Waals surface area contributed by atoms with Gasteiger partial charge in [0, 0.05) is 6.04 Å². The predicted octanol–water partition coefficient (Wildman–Crippen LogP) is 2.96. The number of amides is 1. The molecule has 0 atom stereocenters. The second-order valence-electron chi connectivity index (χ2n) is 5.41. The summed E-state index contributed by atoms with van der Waals surface area (Å²) in [7, 11) is 0. The van der Waals surface area contributed by atoms with Crippen LogP contribution in [0.1, 0.15) is 23.2 Å². The van der Waals surface area contributed by atoms with Crippen molar-refractivity contribution in [2.45, 2.75) is 18.9 Å². The van der Waals surface area contributed by atoms with E-state index < -0.39 is 0 Å². The minimum atomic E-state index is -0.0709. The van der Waals surface area contributed by atoms with Crippen molar-refractivity contribution in [3.05, 3.63) is 60.2 Å². The number of carbonyl (C=O) groups excluding carboxylic acids is 1. The maximum absolute atomic E-state index is 12.5. The number of hydrogen-bond acceptors (Lipinski definition) is 3. The van der Waals surface area contributed by atoms with Gasteiger partial charge in [-0.15, -0.1) is 0 Å². The highest BCUT2D eigenvalue weighted by Gasteiger charge is 2.18. The van der Waals surface area contributed by atoms with Gasteiger partial charge < -0.3 is 15.4 Å². The number of carbonyl (C=O) groups is 1. The third-order valence-corrected chi connectivity index (χ3v) is 3.78. The molecule has 2 aromatic carbocycles. The molecule has 0 unspecified atom stereocenters. The molecule has 1 amide bonds. The number of piperidine rings is 1. The average Bonchev–Trinajstić information content (AvgIpc) is 2.57. The number of hydrogen-bond donors (Lipinski definition) is 2. The van der Waals surface area contributed by atoms with Crippen LogP contribution in [0.3, 0.4) is 0 Å². The topological polar surface area (TPSA) is 50.4 Å². The summed E-state index contributed by atoms with van der Waals surface area (Å²) in [6.45, 7) is 1.90. The molecule has 3 rings (SSSR count). The largest absolute Gasteiger partial charge is 0.457 e. The maximum atomic E-state index is 12.5. The SMILES string of the molecule is O=C(NC1CCNCC1)c1ccccc1Oc1ccccc1. The zero-order chi connectivity index (χ0) is 15.2. The standard InChI is InChI=1S/C18H20N2O2/c21-18(20-14-10-12-19-13-11-14)16-8-4-5-9-17(16)22-15-6-2-1-3-7-15/h1-9,14,19H,10-13H2,(H,20,21). The number of para-hydroxylation sites is 2. The zero-order valence-electron chi connectivity index (χ0n) is 12.4. The van der Waals surface area contributed by atoms with Crippen molar-refractivity contribution in [1.82, 2.24) is 10.6 Å². The van der Waals surface area contributed by atoms with E-state index in [9.17, 15) is 4.79 Å². The average molecular weight is 296 g/mol. The second-order valence-corrected chi connectivity index (χ2v) is 5.41. The Kier molecular flexibility index (Phi) is 4.71. The molecule has 0 bridgehead atoms. The molecule has 0 radical (unpaired) electrons. The van der Waals surface area contributed by atoms with Gasteiger partial charge in [-0.3, -0.25) is 4.79 Å². The van der Waals surface area contributed by atoms with Gasteiger partial charge in [-0.05, 0) is 50.2 Å². The number of ether oxygens (including phenoxy) is 1. The van der Waals surface area contributed by atoms with E-state index >= 15 is 0 Å². The summed E-state index contributed by atoms with van der Waals surface area (Å²) in [4.78, 5) is 12.5. The van der Waals surface area contributed by atoms with Gasteiger partial charge in [0.05, 0.1) is 5.56 Å². The first-order valence-corrected chi connectivity index (χ1v) is 7.66. The summed E-state index contributed by atoms with van der Waals surface area (Å²) in [5, 5.41) is 6.40. The lowest BCUT2D eigenvalue weighted by Gasteiger charge is -2.24. The van der Waals surface area contributed by atoms with Gasteiger partial charge in [0.2, 0.25) is 0 Å². The van der Waals surface area contributed by atoms with Crippen molar-refractivity contribution in [1.29, 1.82) is 0 Å². The van der Waals surface area contributed by atoms with Gasteiger partial charge in [-0.25, -0.2) is 0 Å². The van der Waals surface area contributed by atoms with Crippen LogP contribution in [0.15, 0.2) is 54.6 Å². The normalized spacial score (nSPS) is 15.3. The third-order valence-electron chi connectivity index (χ3n) is 3.78. The van der Waals surface area contributed by atoms with Crippen LogP contribution in [0.2, 0.25) is 0 Å². The first-order valence-electron chi connectivity index (χ1n) is 7.66. The molecule has 0 aromatic heterocycles. The molecule has 1 aliphatic heterocycles. The predicted molar refractivity (Wildman–Crippen MR) is 86.3 cm³/mol. The Morgan fingerprint density at radius 3 is 2.45 bits per heavy atom. The van der Waals surface area contributed by atoms with E-state index in [0.717, 1.165) is 31.7 Å². The van der Waals surface area contributed by atoms with Crippen molar-refractivity contribution in [3.63, 3.8) is 0 Å². The quantitative estimate of drug-likeness (QED) is 0.912. The Morgan fingerprint density at radius 1 is 1.00 bits per heavy atom. The highest BCUT2D eigenvalue weighted by molar-refractivity contribution is 5.97. The van der Waals surface area contributed by atoms with Crippen molar-refractivity contribution >= 4 is 5.91 Å². The molecular formula is C18H20N2O2. The highest BCUT2D eigenvalue weighted by atomic mass is 16.5. The van der Waals surface area contributed by atoms with Crippen LogP contribution in [0.4, 0.5) is 0 Å². The molecule has 1 aliphatic rings. The summed E-state index contributed by atoms with van der Waals surface area (Å²) in [5.41, 5.74) is 0.574. The highest BCUT2D eigenvalue weighted by Crippen LogP contribution is 2.25. The van der Waals surface area contributed by atoms with Gasteiger partial charge in [-0.2, -0.15) is 0 Å². The van der Waals surface area contributed by atoms with Crippen molar-refractivity contribution in [2.24, 2.45) is 0 Å². The summed E-state index contributed by atoms with van der Waals surface area (Å²) in [6.07, 6.45) is 1.93. The van der Waals surface area contributed by atoms with Crippen LogP contribution in [-0.4, -0.2) is 25.0 Å². The fourth-order valence-electron chi connectivity index (χ4n) is 2.59. The van der Waals surface area contributed by atoms with Crippen molar-refractivity contribution in [3.8, 4) is 11.5 Å². The molecule has 4 heteroatoms. The van der Waals surface area contributed by atoms with Crippen molar-refractivity contribution < 1.29 is 9.53 Å². The molecule has 0 aliphatic carbocycles. The smallest absolute Gasteiger partial charge is 0.255 e. The summed E-state index contributed by atoms with van der Waals surface area (Å²) in [6, 6.07) is 17.1. The Hall–Kier alpha value is -2.33. The van der Waals surface area contributed by atoms with E-state index in [0.29, 0.717) is 11.3 Å². The Morgan fingerprint density at radius 2 is 1.68 bits per heavy atom. The van der Waals surface area contributed by atoms with Gasteiger partial charge in [-0.1, -0.05) is 30.3 Å². The lowest BCUT2D eigenvalue weighted by Crippen LogP contribution is -2.42. The molecule has 1 saturated heterocycles. The van der Waals surface area contributed by atoms with Crippen LogP contribution < -0.4 is 15.4 Å². The van der Waals surface area contributed by atoms with E-state index in [1.165, 1.54) is 0 Å². The molecule has 22 heavy (non-hydrogen) atoms. The minimum absolute atomic E-state index is 0.0709. The van der Waals surface area contributed by atoms with Crippen LogP contribution >= 0.6 is 0 Å². The molecule has 2 aromatic rings. The summed E-state index contributed by atoms with van der Waals surface area (Å²) >= 11 is 0. The first-order chi connectivity index (χ1) is 10.8. The fraction of sp³-hybridized carbons (Fsp3) is 0.278. The molecule has 0 spiro atoms. The lowest BCUT2D eigenvalue weighted by molar-refractivity contribution is 0.0927. The molecule has 1 heterocycles. The Labute approximate surface area is 130 Å². The van der Waals surface area contributed by atoms with Gasteiger partial charge >= 0.3 is 0 Å². The van der Waals surface area contributed by atoms with Gasteiger partial charge in [0.15, 0.2) is 0 Å². The third kappa shape index (κ3) is 3.65. The number of benzene rings is 2. The Bertz CT molecular complexity index is 622. The van der Waals surface area contributed by atoms with E-state index in [4.69, 9.17) is 4.74 Å². The molecule has 0 saturated carbocycles. The van der Waals surface area contributed by atoms with Gasteiger partial charge in [0.1, 0.15) is 11.5 Å². The van der Waals surface area contributed by atoms with Crippen molar-refractivity contribution in [2.75, 3.05) is 13.1 Å². The van der Waals surface area contributed by atoms with Crippen LogP contribution in [0.25, 0.3) is 0 Å². The number of rotatable bonds is 4. The van der Waals surface area contributed by atoms with E-state index in [1.807, 2.05) is 48.5 Å². The van der Waals surface area contributed by atoms with Crippen LogP contribution in [0.5, 0.6) is 11.5 Å². The van der Waals surface area contributed by atoms with E-state index in [1.54, 1.807) is 6.07 Å². The second kappa shape index (κ2) is 7.09. The summed E-state index contributed by atoms with van der Waals surface area (Å²) < 4.78 is 5.85. The molecule has 114 valence electrons. The zero-order valence-corrected chi connectivity index (χ0v) is 12.4. The van der Waals surface area contributed by atoms with E-state index in [2.05, 4.69) is 10.6 Å². The lowest BCUT2D eigenvalue weighted by atomic mass is 10.1. The van der Waals surface area contributed by atoms with Crippen LogP contribution in [0, 0.1) is 0 Å². The van der Waals surface area contributed by atoms with Gasteiger partial charge in [0.25, 0.3) is 5.91 Å². The van der Waals surface area contributed by atoms with E-state index in [-0.39, 0.29) is 11.9 Å². The Balaban J connectivity index is 1.74. The first kappa shape index (κ1) is 14.6. The monoisotopic (exact) mass is 296 g/mol. The molecule has 2 N–H and O–H groups in total. The molecular weight excluding hydrogens is 276 g/mol. The number of nitrogens with one attached hydrogen (secondary N) is 2. The maximum Gasteiger partial charge on any atom is 0.255 e. The summed E-state index contributed by atoms with van der Waals surface area (Å²) in [5.74, 6) is 1.24. The minimum Gasteiger partial charge on any atom is -0.457 e. The fourth-order valence-corrected chi connectivity index (χ4v) is 2.59. The van der Waals surface area contributed by atoms with Crippen LogP contribution in [-0.2, 0) is 0 Å². The molecule has 4 nitrogen and oxygen atoms in total.